The second-order valence-corrected chi connectivity index (χ2v) is 5.43. The van der Waals surface area contributed by atoms with Gasteiger partial charge in [0.15, 0.2) is 0 Å². The predicted molar refractivity (Wildman–Crippen MR) is 76.6 cm³/mol. The highest BCUT2D eigenvalue weighted by atomic mass is 35.5. The summed E-state index contributed by atoms with van der Waals surface area (Å²) in [5, 5.41) is 2.63. The monoisotopic (exact) mass is 260 g/mol. The topological polar surface area (TPSA) is 9.23 Å². The largest absolute Gasteiger partial charge is 0.496 e. The predicted octanol–water partition coefficient (Wildman–Crippen LogP) is 4.85. The zero-order valence-electron chi connectivity index (χ0n) is 10.6. The van der Waals surface area contributed by atoms with Gasteiger partial charge in [-0.3, -0.25) is 0 Å². The molecule has 1 aliphatic rings. The van der Waals surface area contributed by atoms with Gasteiger partial charge in [-0.25, -0.2) is 0 Å². The normalized spacial score (nSPS) is 19.3. The molecular formula is C16H17ClO. The molecule has 0 heterocycles. The summed E-state index contributed by atoms with van der Waals surface area (Å²) in [5.41, 5.74) is 2.69. The van der Waals surface area contributed by atoms with Crippen LogP contribution in [0.3, 0.4) is 0 Å². The molecule has 2 aromatic carbocycles. The van der Waals surface area contributed by atoms with Crippen LogP contribution in [-0.4, -0.2) is 7.11 Å². The van der Waals surface area contributed by atoms with Crippen molar-refractivity contribution in [2.75, 3.05) is 7.11 Å². The third-order valence-electron chi connectivity index (χ3n) is 3.84. The number of alkyl halides is 1. The number of methoxy groups -OCH3 is 1. The van der Waals surface area contributed by atoms with Crippen LogP contribution in [0.15, 0.2) is 30.3 Å². The molecule has 0 fully saturated rings. The summed E-state index contributed by atoms with van der Waals surface area (Å²) in [6.07, 6.45) is 4.63. The lowest BCUT2D eigenvalue weighted by molar-refractivity contribution is 0.419. The summed E-state index contributed by atoms with van der Waals surface area (Å²) < 4.78 is 5.52. The van der Waals surface area contributed by atoms with Gasteiger partial charge in [0, 0.05) is 5.39 Å². The third-order valence-corrected chi connectivity index (χ3v) is 4.30. The Balaban J connectivity index is 2.33. The zero-order chi connectivity index (χ0) is 12.5. The molecule has 2 aromatic rings. The first-order chi connectivity index (χ1) is 8.81. The maximum absolute atomic E-state index is 6.53. The Kier molecular flexibility index (Phi) is 3.17. The average molecular weight is 261 g/mol. The van der Waals surface area contributed by atoms with Gasteiger partial charge in [0.2, 0.25) is 0 Å². The van der Waals surface area contributed by atoms with Gasteiger partial charge in [-0.2, -0.15) is 0 Å². The minimum absolute atomic E-state index is 0.126. The van der Waals surface area contributed by atoms with Crippen molar-refractivity contribution in [1.29, 1.82) is 0 Å². The van der Waals surface area contributed by atoms with E-state index in [1.54, 1.807) is 7.11 Å². The van der Waals surface area contributed by atoms with E-state index < -0.39 is 0 Å². The van der Waals surface area contributed by atoms with Crippen molar-refractivity contribution < 1.29 is 4.74 Å². The van der Waals surface area contributed by atoms with Crippen molar-refractivity contribution in [2.45, 2.75) is 31.1 Å². The highest BCUT2D eigenvalue weighted by Crippen LogP contribution is 2.40. The van der Waals surface area contributed by atoms with Crippen molar-refractivity contribution >= 4 is 22.4 Å². The van der Waals surface area contributed by atoms with Crippen LogP contribution in [0.1, 0.15) is 35.8 Å². The fraction of sp³-hybridized carbons (Fsp3) is 0.375. The Morgan fingerprint density at radius 3 is 2.72 bits per heavy atom. The van der Waals surface area contributed by atoms with E-state index in [1.807, 2.05) is 0 Å². The Morgan fingerprint density at radius 1 is 1.17 bits per heavy atom. The average Bonchev–Trinajstić information content (AvgIpc) is 2.60. The maximum atomic E-state index is 6.53. The molecule has 18 heavy (non-hydrogen) atoms. The number of hydrogen-bond acceptors (Lipinski definition) is 1. The van der Waals surface area contributed by atoms with E-state index in [1.165, 1.54) is 34.7 Å². The molecule has 0 N–H and O–H groups in total. The Labute approximate surface area is 113 Å². The van der Waals surface area contributed by atoms with E-state index in [4.69, 9.17) is 16.3 Å². The summed E-state index contributed by atoms with van der Waals surface area (Å²) in [7, 11) is 1.73. The van der Waals surface area contributed by atoms with Gasteiger partial charge in [-0.15, -0.1) is 11.6 Å². The first-order valence-corrected chi connectivity index (χ1v) is 6.97. The van der Waals surface area contributed by atoms with Gasteiger partial charge in [0.1, 0.15) is 5.75 Å². The molecule has 0 bridgehead atoms. The molecule has 0 aromatic heterocycles. The number of ether oxygens (including phenoxy) is 1. The van der Waals surface area contributed by atoms with Crippen molar-refractivity contribution in [2.24, 2.45) is 0 Å². The van der Waals surface area contributed by atoms with Crippen molar-refractivity contribution in [3.8, 4) is 5.75 Å². The molecule has 1 nitrogen and oxygen atoms in total. The van der Waals surface area contributed by atoms with Crippen molar-refractivity contribution in [1.82, 2.24) is 0 Å². The number of hydrogen-bond donors (Lipinski definition) is 0. The summed E-state index contributed by atoms with van der Waals surface area (Å²) in [4.78, 5) is 0. The van der Waals surface area contributed by atoms with Crippen LogP contribution in [0.5, 0.6) is 5.75 Å². The second kappa shape index (κ2) is 4.81. The number of halogens is 1. The highest BCUT2D eigenvalue weighted by Gasteiger charge is 2.20. The van der Waals surface area contributed by atoms with Gasteiger partial charge in [-0.05, 0) is 41.8 Å². The molecule has 1 atom stereocenters. The molecule has 0 aliphatic heterocycles. The van der Waals surface area contributed by atoms with Gasteiger partial charge < -0.3 is 4.74 Å². The molecule has 0 radical (unpaired) electrons. The second-order valence-electron chi connectivity index (χ2n) is 4.91. The quantitative estimate of drug-likeness (QED) is 0.526. The summed E-state index contributed by atoms with van der Waals surface area (Å²) in [5.74, 6) is 0.942. The first-order valence-electron chi connectivity index (χ1n) is 6.54. The van der Waals surface area contributed by atoms with Crippen LogP contribution in [0.4, 0.5) is 0 Å². The molecule has 3 rings (SSSR count). The Morgan fingerprint density at radius 2 is 1.94 bits per heavy atom. The van der Waals surface area contributed by atoms with Gasteiger partial charge >= 0.3 is 0 Å². The smallest absolute Gasteiger partial charge is 0.127 e. The summed E-state index contributed by atoms with van der Waals surface area (Å²) >= 11 is 6.53. The number of aryl methyl sites for hydroxylation is 1. The van der Waals surface area contributed by atoms with E-state index in [0.29, 0.717) is 0 Å². The van der Waals surface area contributed by atoms with Gasteiger partial charge in [-0.1, -0.05) is 30.7 Å². The number of rotatable bonds is 1. The lowest BCUT2D eigenvalue weighted by Gasteiger charge is -2.16. The van der Waals surface area contributed by atoms with E-state index in [9.17, 15) is 0 Å². The molecule has 0 spiro atoms. The van der Waals surface area contributed by atoms with E-state index in [0.717, 1.165) is 18.6 Å². The van der Waals surface area contributed by atoms with Crippen molar-refractivity contribution in [3.63, 3.8) is 0 Å². The summed E-state index contributed by atoms with van der Waals surface area (Å²) in [6.45, 7) is 0. The minimum Gasteiger partial charge on any atom is -0.496 e. The first kappa shape index (κ1) is 11.9. The van der Waals surface area contributed by atoms with Crippen LogP contribution < -0.4 is 4.74 Å². The number of benzene rings is 2. The molecule has 0 saturated heterocycles. The van der Waals surface area contributed by atoms with Crippen LogP contribution in [0.25, 0.3) is 10.8 Å². The van der Waals surface area contributed by atoms with Crippen LogP contribution in [0.2, 0.25) is 0 Å². The molecular weight excluding hydrogens is 244 g/mol. The fourth-order valence-electron chi connectivity index (χ4n) is 2.93. The summed E-state index contributed by atoms with van der Waals surface area (Å²) in [6, 6.07) is 10.6. The maximum Gasteiger partial charge on any atom is 0.127 e. The molecule has 1 aliphatic carbocycles. The lowest BCUT2D eigenvalue weighted by Crippen LogP contribution is -1.97. The lowest BCUT2D eigenvalue weighted by atomic mass is 9.95. The standard InChI is InChI=1S/C16H17ClO/c1-18-16-10-14-12(7-4-5-9-15(14)17)11-6-2-3-8-13(11)16/h2-3,6,8,10,15H,4-5,7,9H2,1H3. The highest BCUT2D eigenvalue weighted by molar-refractivity contribution is 6.21. The van der Waals surface area contributed by atoms with Crippen LogP contribution in [0, 0.1) is 0 Å². The van der Waals surface area contributed by atoms with E-state index >= 15 is 0 Å². The third kappa shape index (κ3) is 1.87. The molecule has 0 amide bonds. The Bertz CT molecular complexity index is 577. The number of fused-ring (bicyclic) bond motifs is 3. The Hall–Kier alpha value is -1.21. The molecule has 0 saturated carbocycles. The minimum atomic E-state index is 0.126. The fourth-order valence-corrected chi connectivity index (χ4v) is 3.28. The van der Waals surface area contributed by atoms with E-state index in [-0.39, 0.29) is 5.38 Å². The van der Waals surface area contributed by atoms with Gasteiger partial charge in [0.25, 0.3) is 0 Å². The van der Waals surface area contributed by atoms with Crippen LogP contribution in [-0.2, 0) is 6.42 Å². The zero-order valence-corrected chi connectivity index (χ0v) is 11.3. The molecule has 94 valence electrons. The SMILES string of the molecule is COc1cc2c(c3ccccc13)CCCCC2Cl. The van der Waals surface area contributed by atoms with Crippen molar-refractivity contribution in [3.05, 3.63) is 41.5 Å². The van der Waals surface area contributed by atoms with Gasteiger partial charge in [0.05, 0.1) is 12.5 Å². The molecule has 1 unspecified atom stereocenters. The van der Waals surface area contributed by atoms with Crippen LogP contribution >= 0.6 is 11.6 Å². The molecule has 2 heteroatoms. The van der Waals surface area contributed by atoms with E-state index in [2.05, 4.69) is 30.3 Å².